The van der Waals surface area contributed by atoms with Gasteiger partial charge in [-0.05, 0) is 37.4 Å². The minimum absolute atomic E-state index is 0.00538. The molecule has 2 heterocycles. The van der Waals surface area contributed by atoms with Gasteiger partial charge >= 0.3 is 12.1 Å². The summed E-state index contributed by atoms with van der Waals surface area (Å²) < 4.78 is 37.8. The monoisotopic (exact) mass is 446 g/mol. The molecular weight excluding hydrogens is 421 g/mol. The summed E-state index contributed by atoms with van der Waals surface area (Å²) in [5, 5.41) is 13.1. The minimum Gasteiger partial charge on any atom is -0.331 e. The minimum atomic E-state index is -5.08. The molecule has 0 bridgehead atoms. The first-order valence-corrected chi connectivity index (χ1v) is 10.6. The molecule has 2 unspecified atom stereocenters. The zero-order valence-electron chi connectivity index (χ0n) is 17.6. The number of fused-ring (bicyclic) bond motifs is 1. The highest BCUT2D eigenvalue weighted by molar-refractivity contribution is 6.06. The number of likely N-dealkylation sites (tertiary alicyclic amines) is 1. The third-order valence-electron chi connectivity index (χ3n) is 6.55. The van der Waals surface area contributed by atoms with Gasteiger partial charge in [-0.3, -0.25) is 15.0 Å². The Hall–Kier alpha value is -2.94. The molecule has 170 valence electrons. The van der Waals surface area contributed by atoms with Crippen molar-refractivity contribution in [2.75, 3.05) is 19.6 Å². The summed E-state index contributed by atoms with van der Waals surface area (Å²) in [6, 6.07) is 10.0. The van der Waals surface area contributed by atoms with Gasteiger partial charge in [0.2, 0.25) is 0 Å². The lowest BCUT2D eigenvalue weighted by Crippen LogP contribution is -2.49. The highest BCUT2D eigenvalue weighted by Crippen LogP contribution is 2.40. The number of carbonyl (C=O) groups is 2. The Morgan fingerprint density at radius 2 is 2.00 bits per heavy atom. The first kappa shape index (κ1) is 22.3. The largest absolute Gasteiger partial charge is 0.471 e. The Kier molecular flexibility index (Phi) is 5.70. The Morgan fingerprint density at radius 1 is 1.28 bits per heavy atom. The maximum atomic E-state index is 13.4. The van der Waals surface area contributed by atoms with Crippen LogP contribution in [0.1, 0.15) is 31.2 Å². The molecule has 3 aliphatic rings. The average Bonchev–Trinajstić information content (AvgIpc) is 3.09. The van der Waals surface area contributed by atoms with E-state index in [1.807, 2.05) is 23.1 Å². The molecule has 6 nitrogen and oxygen atoms in total. The number of nitrogens with zero attached hydrogens (tertiary/aromatic N) is 1. The predicted octanol–water partition coefficient (Wildman–Crippen LogP) is 2.89. The first-order chi connectivity index (χ1) is 15.1. The molecule has 32 heavy (non-hydrogen) atoms. The number of nitrogens with one attached hydrogen (secondary N) is 3. The van der Waals surface area contributed by atoms with Crippen LogP contribution in [0, 0.1) is 10.8 Å². The van der Waals surface area contributed by atoms with Crippen LogP contribution in [-0.2, 0) is 9.59 Å². The number of amidine groups is 1. The molecule has 0 aromatic heterocycles. The van der Waals surface area contributed by atoms with Crippen LogP contribution < -0.4 is 10.6 Å². The molecule has 0 saturated carbocycles. The van der Waals surface area contributed by atoms with Crippen molar-refractivity contribution in [1.82, 2.24) is 15.5 Å². The first-order valence-electron chi connectivity index (χ1n) is 10.6. The predicted molar refractivity (Wildman–Crippen MR) is 113 cm³/mol. The number of rotatable bonds is 3. The summed E-state index contributed by atoms with van der Waals surface area (Å²) in [5.41, 5.74) is 1.19. The highest BCUT2D eigenvalue weighted by Gasteiger charge is 2.45. The number of hydrogen-bond donors (Lipinski definition) is 3. The van der Waals surface area contributed by atoms with Gasteiger partial charge in [0.1, 0.15) is 5.84 Å². The quantitative estimate of drug-likeness (QED) is 0.493. The van der Waals surface area contributed by atoms with Crippen molar-refractivity contribution in [3.05, 3.63) is 59.2 Å². The van der Waals surface area contributed by atoms with Crippen LogP contribution in [0.5, 0.6) is 0 Å². The van der Waals surface area contributed by atoms with Crippen molar-refractivity contribution in [3.63, 3.8) is 0 Å². The molecule has 3 atom stereocenters. The third kappa shape index (κ3) is 4.09. The Bertz CT molecular complexity index is 1000. The molecule has 9 heteroatoms. The fraction of sp³-hybridized carbons (Fsp3) is 0.435. The second-order valence-corrected chi connectivity index (χ2v) is 8.75. The molecule has 4 rings (SSSR count). The lowest BCUT2D eigenvalue weighted by atomic mass is 9.78. The molecule has 2 aliphatic heterocycles. The summed E-state index contributed by atoms with van der Waals surface area (Å²) in [4.78, 5) is 26.5. The van der Waals surface area contributed by atoms with Gasteiger partial charge in [-0.1, -0.05) is 42.5 Å². The van der Waals surface area contributed by atoms with Gasteiger partial charge in [-0.25, -0.2) is 0 Å². The fourth-order valence-electron chi connectivity index (χ4n) is 4.70. The molecule has 0 spiro atoms. The van der Waals surface area contributed by atoms with Crippen molar-refractivity contribution in [2.24, 2.45) is 5.41 Å². The molecule has 1 aromatic rings. The van der Waals surface area contributed by atoms with Gasteiger partial charge in [0, 0.05) is 36.0 Å². The topological polar surface area (TPSA) is 85.3 Å². The standard InChI is InChI=1S/C23H25F3N4O2/c1-22(20(27)29-21(32)23(24,25)26)9-7-15-13-30(19(31)16(15)11-22)18-8-10-28-12-17(18)14-5-3-2-4-6-14/h2-7,11,17-18,28H,8-10,12-13H2,1H3,(H2,27,29,32)/t17-,18?,22?/m0/s1. The summed E-state index contributed by atoms with van der Waals surface area (Å²) in [5.74, 6) is -2.80. The van der Waals surface area contributed by atoms with Gasteiger partial charge in [-0.2, -0.15) is 13.2 Å². The summed E-state index contributed by atoms with van der Waals surface area (Å²) in [7, 11) is 0. The van der Waals surface area contributed by atoms with Crippen LogP contribution in [0.3, 0.4) is 0 Å². The Balaban J connectivity index is 1.56. The van der Waals surface area contributed by atoms with Gasteiger partial charge in [-0.15, -0.1) is 0 Å². The second kappa shape index (κ2) is 8.20. The highest BCUT2D eigenvalue weighted by atomic mass is 19.4. The second-order valence-electron chi connectivity index (χ2n) is 8.75. The number of piperidine rings is 1. The van der Waals surface area contributed by atoms with Gasteiger partial charge in [0.25, 0.3) is 5.91 Å². The van der Waals surface area contributed by atoms with E-state index in [9.17, 15) is 22.8 Å². The number of halogens is 3. The van der Waals surface area contributed by atoms with Gasteiger partial charge < -0.3 is 15.5 Å². The molecule has 2 fully saturated rings. The number of allylic oxidation sites excluding steroid dienone is 1. The van der Waals surface area contributed by atoms with Crippen molar-refractivity contribution >= 4 is 17.6 Å². The molecular formula is C23H25F3N4O2. The van der Waals surface area contributed by atoms with Crippen LogP contribution in [-0.4, -0.2) is 54.4 Å². The summed E-state index contributed by atoms with van der Waals surface area (Å²) >= 11 is 0. The SMILES string of the molecule is CC1(C(=N)NC(=O)C(F)(F)F)C=C2C(=O)N(C3CCNC[C@H]3c3ccccc3)CC2=CC1. The van der Waals surface area contributed by atoms with E-state index in [4.69, 9.17) is 5.41 Å². The number of alkyl halides is 3. The lowest BCUT2D eigenvalue weighted by Gasteiger charge is -2.38. The fourth-order valence-corrected chi connectivity index (χ4v) is 4.70. The van der Waals surface area contributed by atoms with Crippen molar-refractivity contribution in [2.45, 2.75) is 37.9 Å². The zero-order chi connectivity index (χ0) is 23.1. The van der Waals surface area contributed by atoms with E-state index in [0.717, 1.165) is 30.6 Å². The van der Waals surface area contributed by atoms with Crippen molar-refractivity contribution in [3.8, 4) is 0 Å². The zero-order valence-corrected chi connectivity index (χ0v) is 17.6. The number of hydrogen-bond acceptors (Lipinski definition) is 4. The van der Waals surface area contributed by atoms with Crippen molar-refractivity contribution in [1.29, 1.82) is 5.41 Å². The molecule has 2 saturated heterocycles. The molecule has 1 aromatic carbocycles. The van der Waals surface area contributed by atoms with E-state index in [2.05, 4.69) is 17.4 Å². The summed E-state index contributed by atoms with van der Waals surface area (Å²) in [6.45, 7) is 3.54. The molecule has 1 aliphatic carbocycles. The van der Waals surface area contributed by atoms with Gasteiger partial charge in [0.05, 0.1) is 0 Å². The maximum absolute atomic E-state index is 13.4. The van der Waals surface area contributed by atoms with Crippen LogP contribution >= 0.6 is 0 Å². The van der Waals surface area contributed by atoms with Crippen LogP contribution in [0.25, 0.3) is 0 Å². The van der Waals surface area contributed by atoms with E-state index in [1.54, 1.807) is 24.4 Å². The third-order valence-corrected chi connectivity index (χ3v) is 6.55. The van der Waals surface area contributed by atoms with Crippen LogP contribution in [0.15, 0.2) is 53.6 Å². The normalized spacial score (nSPS) is 28.0. The maximum Gasteiger partial charge on any atom is 0.471 e. The van der Waals surface area contributed by atoms with E-state index in [0.29, 0.717) is 12.1 Å². The average molecular weight is 446 g/mol. The molecule has 2 amide bonds. The molecule has 0 radical (unpaired) electrons. The summed E-state index contributed by atoms with van der Waals surface area (Å²) in [6.07, 6.45) is -0.700. The van der Waals surface area contributed by atoms with E-state index < -0.39 is 23.3 Å². The Labute approximate surface area is 184 Å². The lowest BCUT2D eigenvalue weighted by molar-refractivity contribution is -0.172. The van der Waals surface area contributed by atoms with Crippen molar-refractivity contribution < 1.29 is 22.8 Å². The smallest absolute Gasteiger partial charge is 0.331 e. The van der Waals surface area contributed by atoms with E-state index in [1.165, 1.54) is 0 Å². The number of carbonyl (C=O) groups excluding carboxylic acids is 2. The van der Waals surface area contributed by atoms with E-state index in [-0.39, 0.29) is 24.3 Å². The number of amides is 2. The van der Waals surface area contributed by atoms with E-state index >= 15 is 0 Å². The van der Waals surface area contributed by atoms with Crippen LogP contribution in [0.2, 0.25) is 0 Å². The van der Waals surface area contributed by atoms with Crippen LogP contribution in [0.4, 0.5) is 13.2 Å². The van der Waals surface area contributed by atoms with Gasteiger partial charge in [0.15, 0.2) is 0 Å². The molecule has 3 N–H and O–H groups in total. The number of benzene rings is 1. The Morgan fingerprint density at radius 3 is 2.69 bits per heavy atom.